The van der Waals surface area contributed by atoms with Crippen molar-refractivity contribution in [1.82, 2.24) is 0 Å². The summed E-state index contributed by atoms with van der Waals surface area (Å²) in [6, 6.07) is 10.4. The monoisotopic (exact) mass is 174 g/mol. The topological polar surface area (TPSA) is 20.2 Å². The molecule has 1 unspecified atom stereocenters. The molecule has 1 aromatic carbocycles. The maximum atomic E-state index is 9.33. The molecule has 0 bridgehead atoms. The fourth-order valence-electron chi connectivity index (χ4n) is 1.77. The van der Waals surface area contributed by atoms with Gasteiger partial charge >= 0.3 is 0 Å². The highest BCUT2D eigenvalue weighted by Crippen LogP contribution is 2.21. The van der Waals surface area contributed by atoms with Crippen LogP contribution in [-0.4, -0.2) is 11.2 Å². The summed E-state index contributed by atoms with van der Waals surface area (Å²) in [4.78, 5) is 0. The first-order chi connectivity index (χ1) is 6.34. The molecule has 13 heavy (non-hydrogen) atoms. The van der Waals surface area contributed by atoms with Crippen LogP contribution in [-0.2, 0) is 6.42 Å². The second kappa shape index (κ2) is 3.75. The van der Waals surface area contributed by atoms with Crippen LogP contribution < -0.4 is 0 Å². The Bertz CT molecular complexity index is 300. The van der Waals surface area contributed by atoms with Gasteiger partial charge in [0.05, 0.1) is 6.10 Å². The molecular weight excluding hydrogens is 160 g/mol. The molecule has 68 valence electrons. The zero-order valence-electron chi connectivity index (χ0n) is 7.61. The predicted octanol–water partition coefficient (Wildman–Crippen LogP) is 2.31. The highest BCUT2D eigenvalue weighted by atomic mass is 16.3. The van der Waals surface area contributed by atoms with Crippen molar-refractivity contribution in [3.8, 4) is 0 Å². The summed E-state index contributed by atoms with van der Waals surface area (Å²) in [7, 11) is 0. The maximum Gasteiger partial charge on any atom is 0.0611 e. The van der Waals surface area contributed by atoms with Crippen LogP contribution in [0.1, 0.15) is 18.4 Å². The third-order valence-electron chi connectivity index (χ3n) is 2.45. The normalized spacial score (nSPS) is 21.6. The lowest BCUT2D eigenvalue weighted by atomic mass is 10.0. The van der Waals surface area contributed by atoms with Crippen molar-refractivity contribution in [2.24, 2.45) is 0 Å². The van der Waals surface area contributed by atoms with E-state index in [2.05, 4.69) is 30.3 Å². The van der Waals surface area contributed by atoms with Crippen LogP contribution in [0.5, 0.6) is 0 Å². The van der Waals surface area contributed by atoms with Crippen LogP contribution in [0.2, 0.25) is 0 Å². The smallest absolute Gasteiger partial charge is 0.0611 e. The average Bonchev–Trinajstić information content (AvgIpc) is 2.53. The molecule has 1 aliphatic rings. The first-order valence-electron chi connectivity index (χ1n) is 4.74. The lowest BCUT2D eigenvalue weighted by Gasteiger charge is -2.03. The summed E-state index contributed by atoms with van der Waals surface area (Å²) in [6.45, 7) is 0. The van der Waals surface area contributed by atoms with E-state index in [1.807, 2.05) is 6.07 Å². The number of hydrogen-bond donors (Lipinski definition) is 1. The summed E-state index contributed by atoms with van der Waals surface area (Å²) in [5.41, 5.74) is 2.71. The minimum absolute atomic E-state index is 0.126. The van der Waals surface area contributed by atoms with Crippen molar-refractivity contribution in [2.45, 2.75) is 25.4 Å². The Morgan fingerprint density at radius 2 is 2.00 bits per heavy atom. The number of aliphatic hydroxyl groups is 1. The van der Waals surface area contributed by atoms with E-state index in [1.165, 1.54) is 11.1 Å². The lowest BCUT2D eigenvalue weighted by Crippen LogP contribution is -1.99. The summed E-state index contributed by atoms with van der Waals surface area (Å²) < 4.78 is 0. The molecule has 1 atom stereocenters. The Kier molecular flexibility index (Phi) is 2.46. The van der Waals surface area contributed by atoms with E-state index in [0.29, 0.717) is 0 Å². The number of hydrogen-bond acceptors (Lipinski definition) is 1. The number of benzene rings is 1. The lowest BCUT2D eigenvalue weighted by molar-refractivity contribution is 0.187. The molecule has 0 aliphatic heterocycles. The molecule has 0 aromatic heterocycles. The van der Waals surface area contributed by atoms with Gasteiger partial charge in [-0.25, -0.2) is 0 Å². The van der Waals surface area contributed by atoms with E-state index < -0.39 is 0 Å². The molecule has 1 nitrogen and oxygen atoms in total. The highest BCUT2D eigenvalue weighted by Gasteiger charge is 2.13. The van der Waals surface area contributed by atoms with Gasteiger partial charge in [-0.2, -0.15) is 0 Å². The van der Waals surface area contributed by atoms with Crippen LogP contribution in [0.4, 0.5) is 0 Å². The molecule has 0 spiro atoms. The average molecular weight is 174 g/mol. The van der Waals surface area contributed by atoms with E-state index >= 15 is 0 Å². The molecule has 0 fully saturated rings. The van der Waals surface area contributed by atoms with Gasteiger partial charge in [-0.3, -0.25) is 0 Å². The Morgan fingerprint density at radius 3 is 2.62 bits per heavy atom. The van der Waals surface area contributed by atoms with Gasteiger partial charge in [0.1, 0.15) is 0 Å². The van der Waals surface area contributed by atoms with E-state index in [1.54, 1.807) is 0 Å². The number of aliphatic hydroxyl groups excluding tert-OH is 1. The van der Waals surface area contributed by atoms with E-state index in [0.717, 1.165) is 19.3 Å². The van der Waals surface area contributed by atoms with Crippen LogP contribution in [0.3, 0.4) is 0 Å². The molecule has 0 saturated carbocycles. The van der Waals surface area contributed by atoms with Gasteiger partial charge in [0, 0.05) is 0 Å². The third kappa shape index (κ3) is 2.19. The van der Waals surface area contributed by atoms with Crippen LogP contribution in [0.15, 0.2) is 42.0 Å². The van der Waals surface area contributed by atoms with Crippen molar-refractivity contribution in [3.05, 3.63) is 47.5 Å². The molecule has 0 amide bonds. The van der Waals surface area contributed by atoms with Crippen molar-refractivity contribution < 1.29 is 5.11 Å². The van der Waals surface area contributed by atoms with Crippen LogP contribution in [0, 0.1) is 0 Å². The molecule has 1 aliphatic carbocycles. The minimum Gasteiger partial charge on any atom is -0.392 e. The Balaban J connectivity index is 2.00. The predicted molar refractivity (Wildman–Crippen MR) is 53.5 cm³/mol. The molecule has 0 radical (unpaired) electrons. The summed E-state index contributed by atoms with van der Waals surface area (Å²) in [5, 5.41) is 9.33. The van der Waals surface area contributed by atoms with Gasteiger partial charge in [0.25, 0.3) is 0 Å². The Labute approximate surface area is 78.7 Å². The van der Waals surface area contributed by atoms with Gasteiger partial charge < -0.3 is 5.11 Å². The minimum atomic E-state index is -0.126. The SMILES string of the molecule is OC1CC=C(Cc2ccccc2)C1. The largest absolute Gasteiger partial charge is 0.392 e. The molecule has 1 N–H and O–H groups in total. The molecule has 0 saturated heterocycles. The maximum absolute atomic E-state index is 9.33. The summed E-state index contributed by atoms with van der Waals surface area (Å²) in [5.74, 6) is 0. The van der Waals surface area contributed by atoms with Crippen molar-refractivity contribution >= 4 is 0 Å². The second-order valence-electron chi connectivity index (χ2n) is 3.62. The zero-order valence-corrected chi connectivity index (χ0v) is 7.61. The Morgan fingerprint density at radius 1 is 1.23 bits per heavy atom. The van der Waals surface area contributed by atoms with Gasteiger partial charge in [0.2, 0.25) is 0 Å². The quantitative estimate of drug-likeness (QED) is 0.682. The van der Waals surface area contributed by atoms with Gasteiger partial charge in [0.15, 0.2) is 0 Å². The third-order valence-corrected chi connectivity index (χ3v) is 2.45. The Hall–Kier alpha value is -1.08. The van der Waals surface area contributed by atoms with E-state index in [9.17, 15) is 5.11 Å². The van der Waals surface area contributed by atoms with Gasteiger partial charge in [-0.1, -0.05) is 42.0 Å². The van der Waals surface area contributed by atoms with Crippen molar-refractivity contribution in [1.29, 1.82) is 0 Å². The first kappa shape index (κ1) is 8.52. The second-order valence-corrected chi connectivity index (χ2v) is 3.62. The summed E-state index contributed by atoms with van der Waals surface area (Å²) in [6.07, 6.45) is 4.73. The fourth-order valence-corrected chi connectivity index (χ4v) is 1.77. The van der Waals surface area contributed by atoms with Gasteiger partial charge in [-0.05, 0) is 24.8 Å². The molecule has 1 aromatic rings. The van der Waals surface area contributed by atoms with Gasteiger partial charge in [-0.15, -0.1) is 0 Å². The standard InChI is InChI=1S/C12H14O/c13-12-7-6-11(9-12)8-10-4-2-1-3-5-10/h1-6,12-13H,7-9H2. The highest BCUT2D eigenvalue weighted by molar-refractivity contribution is 5.24. The molecule has 1 heteroatoms. The van der Waals surface area contributed by atoms with Crippen molar-refractivity contribution in [3.63, 3.8) is 0 Å². The zero-order chi connectivity index (χ0) is 9.10. The first-order valence-corrected chi connectivity index (χ1v) is 4.74. The van der Waals surface area contributed by atoms with E-state index in [4.69, 9.17) is 0 Å². The molecular formula is C12H14O. The van der Waals surface area contributed by atoms with E-state index in [-0.39, 0.29) is 6.10 Å². The van der Waals surface area contributed by atoms with Crippen LogP contribution >= 0.6 is 0 Å². The molecule has 0 heterocycles. The van der Waals surface area contributed by atoms with Crippen LogP contribution in [0.25, 0.3) is 0 Å². The summed E-state index contributed by atoms with van der Waals surface area (Å²) >= 11 is 0. The molecule has 2 rings (SSSR count). The number of rotatable bonds is 2. The van der Waals surface area contributed by atoms with Crippen molar-refractivity contribution in [2.75, 3.05) is 0 Å². The fraction of sp³-hybridized carbons (Fsp3) is 0.333.